The summed E-state index contributed by atoms with van der Waals surface area (Å²) in [6.45, 7) is 1.14. The number of ether oxygens (including phenoxy) is 2. The Balaban J connectivity index is 1.23. The van der Waals surface area contributed by atoms with Gasteiger partial charge in [-0.3, -0.25) is 9.59 Å². The third-order valence-corrected chi connectivity index (χ3v) is 6.85. The second-order valence-corrected chi connectivity index (χ2v) is 9.51. The Morgan fingerprint density at radius 2 is 1.89 bits per heavy atom. The quantitative estimate of drug-likeness (QED) is 0.395. The number of esters is 1. The normalized spacial score (nSPS) is 15.6. The molecule has 2 N–H and O–H groups in total. The standard InChI is InChI=1S/C28H36N4O4/c1-31(23-11-6-3-7-12-23)26(33)13-8-16-35-24-14-15-25-22(17-24)18-32(28(29)30-25)19-27(34)36-20-21-9-4-2-5-10-21/h2,4-5,9-10,14-15,17,23H,3,6-8,11-13,16,18-20H2,1H3,(H2,29,30). The highest BCUT2D eigenvalue weighted by molar-refractivity contribution is 5.87. The van der Waals surface area contributed by atoms with Gasteiger partial charge in [0.05, 0.1) is 12.3 Å². The van der Waals surface area contributed by atoms with E-state index in [9.17, 15) is 9.59 Å². The molecule has 0 spiro atoms. The van der Waals surface area contributed by atoms with E-state index in [1.54, 1.807) is 4.90 Å². The van der Waals surface area contributed by atoms with Crippen LogP contribution in [-0.4, -0.2) is 53.9 Å². The topological polar surface area (TPSA) is 97.5 Å². The minimum atomic E-state index is -0.365. The van der Waals surface area contributed by atoms with E-state index in [1.807, 2.05) is 60.5 Å². The lowest BCUT2D eigenvalue weighted by atomic mass is 9.94. The zero-order chi connectivity index (χ0) is 25.3. The third-order valence-electron chi connectivity index (χ3n) is 6.85. The Labute approximate surface area is 213 Å². The molecule has 1 saturated carbocycles. The Bertz CT molecular complexity index is 1070. The second kappa shape index (κ2) is 12.4. The van der Waals surface area contributed by atoms with Crippen LogP contribution >= 0.6 is 0 Å². The molecule has 2 aromatic carbocycles. The average molecular weight is 493 g/mol. The van der Waals surface area contributed by atoms with E-state index in [-0.39, 0.29) is 31.0 Å². The third kappa shape index (κ3) is 6.99. The zero-order valence-corrected chi connectivity index (χ0v) is 21.0. The van der Waals surface area contributed by atoms with Gasteiger partial charge in [0, 0.05) is 31.6 Å². The molecule has 8 heteroatoms. The van der Waals surface area contributed by atoms with Crippen molar-refractivity contribution in [2.45, 2.75) is 64.1 Å². The van der Waals surface area contributed by atoms with Gasteiger partial charge in [-0.15, -0.1) is 0 Å². The van der Waals surface area contributed by atoms with Crippen molar-refractivity contribution in [2.75, 3.05) is 20.2 Å². The maximum Gasteiger partial charge on any atom is 0.325 e. The van der Waals surface area contributed by atoms with Crippen molar-refractivity contribution in [2.24, 2.45) is 10.7 Å². The van der Waals surface area contributed by atoms with Crippen LogP contribution in [0.3, 0.4) is 0 Å². The number of carbonyl (C=O) groups excluding carboxylic acids is 2. The fraction of sp³-hybridized carbons (Fsp3) is 0.464. The molecule has 0 unspecified atom stereocenters. The predicted molar refractivity (Wildman–Crippen MR) is 139 cm³/mol. The molecule has 4 rings (SSSR count). The summed E-state index contributed by atoms with van der Waals surface area (Å²) in [5.74, 6) is 0.823. The first kappa shape index (κ1) is 25.5. The van der Waals surface area contributed by atoms with Gasteiger partial charge in [0.25, 0.3) is 0 Å². The van der Waals surface area contributed by atoms with Crippen LogP contribution in [0, 0.1) is 0 Å². The summed E-state index contributed by atoms with van der Waals surface area (Å²) >= 11 is 0. The lowest BCUT2D eigenvalue weighted by Crippen LogP contribution is -2.42. The second-order valence-electron chi connectivity index (χ2n) is 9.51. The fourth-order valence-corrected chi connectivity index (χ4v) is 4.71. The van der Waals surface area contributed by atoms with Crippen LogP contribution in [0.15, 0.2) is 53.5 Å². The molecule has 2 aliphatic rings. The summed E-state index contributed by atoms with van der Waals surface area (Å²) in [5, 5.41) is 0. The van der Waals surface area contributed by atoms with Crippen molar-refractivity contribution >= 4 is 23.5 Å². The monoisotopic (exact) mass is 492 g/mol. The van der Waals surface area contributed by atoms with Crippen molar-refractivity contribution in [3.8, 4) is 5.75 Å². The predicted octanol–water partition coefficient (Wildman–Crippen LogP) is 4.14. The summed E-state index contributed by atoms with van der Waals surface area (Å²) in [6.07, 6.45) is 7.08. The first-order valence-electron chi connectivity index (χ1n) is 12.8. The van der Waals surface area contributed by atoms with Crippen molar-refractivity contribution in [1.29, 1.82) is 0 Å². The van der Waals surface area contributed by atoms with E-state index >= 15 is 0 Å². The van der Waals surface area contributed by atoms with E-state index in [4.69, 9.17) is 15.2 Å². The molecule has 0 bridgehead atoms. The molecule has 0 aromatic heterocycles. The molecule has 1 aliphatic heterocycles. The molecule has 0 saturated heterocycles. The van der Waals surface area contributed by atoms with Gasteiger partial charge in [-0.2, -0.15) is 0 Å². The van der Waals surface area contributed by atoms with Crippen molar-refractivity contribution in [3.63, 3.8) is 0 Å². The van der Waals surface area contributed by atoms with Crippen LogP contribution < -0.4 is 10.5 Å². The highest BCUT2D eigenvalue weighted by atomic mass is 16.5. The summed E-state index contributed by atoms with van der Waals surface area (Å²) in [5.41, 5.74) is 8.71. The molecule has 36 heavy (non-hydrogen) atoms. The number of hydrogen-bond acceptors (Lipinski definition) is 7. The molecule has 1 fully saturated rings. The van der Waals surface area contributed by atoms with Crippen LogP contribution in [0.2, 0.25) is 0 Å². The highest BCUT2D eigenvalue weighted by Gasteiger charge is 2.23. The lowest BCUT2D eigenvalue weighted by Gasteiger charge is -2.31. The molecule has 1 amide bonds. The van der Waals surface area contributed by atoms with Crippen LogP contribution in [0.5, 0.6) is 5.75 Å². The van der Waals surface area contributed by atoms with E-state index < -0.39 is 0 Å². The largest absolute Gasteiger partial charge is 0.494 e. The zero-order valence-electron chi connectivity index (χ0n) is 21.0. The number of hydrogen-bond donors (Lipinski definition) is 1. The van der Waals surface area contributed by atoms with Crippen molar-refractivity contribution in [1.82, 2.24) is 9.80 Å². The molecule has 0 radical (unpaired) electrons. The molecule has 8 nitrogen and oxygen atoms in total. The van der Waals surface area contributed by atoms with Crippen LogP contribution in [0.4, 0.5) is 5.69 Å². The first-order valence-corrected chi connectivity index (χ1v) is 12.8. The van der Waals surface area contributed by atoms with Gasteiger partial charge in [-0.25, -0.2) is 4.99 Å². The Kier molecular flexibility index (Phi) is 8.81. The maximum absolute atomic E-state index is 12.5. The minimum absolute atomic E-state index is 0.0172. The lowest BCUT2D eigenvalue weighted by molar-refractivity contribution is -0.145. The minimum Gasteiger partial charge on any atom is -0.494 e. The van der Waals surface area contributed by atoms with Crippen LogP contribution in [0.25, 0.3) is 0 Å². The molecule has 1 aliphatic carbocycles. The first-order chi connectivity index (χ1) is 17.5. The van der Waals surface area contributed by atoms with Gasteiger partial charge < -0.3 is 25.0 Å². The average Bonchev–Trinajstić information content (AvgIpc) is 2.91. The Morgan fingerprint density at radius 1 is 1.11 bits per heavy atom. The molecular weight excluding hydrogens is 456 g/mol. The summed E-state index contributed by atoms with van der Waals surface area (Å²) < 4.78 is 11.3. The number of guanidine groups is 1. The number of carbonyl (C=O) groups is 2. The van der Waals surface area contributed by atoms with Gasteiger partial charge in [-0.05, 0) is 43.0 Å². The van der Waals surface area contributed by atoms with E-state index in [0.717, 1.165) is 29.7 Å². The van der Waals surface area contributed by atoms with Gasteiger partial charge in [-0.1, -0.05) is 49.6 Å². The van der Waals surface area contributed by atoms with Crippen molar-refractivity contribution < 1.29 is 19.1 Å². The smallest absolute Gasteiger partial charge is 0.325 e. The van der Waals surface area contributed by atoms with E-state index in [2.05, 4.69) is 4.99 Å². The summed E-state index contributed by atoms with van der Waals surface area (Å²) in [4.78, 5) is 32.9. The number of rotatable bonds is 10. The fourth-order valence-electron chi connectivity index (χ4n) is 4.71. The number of fused-ring (bicyclic) bond motifs is 1. The van der Waals surface area contributed by atoms with Gasteiger partial charge in [0.15, 0.2) is 5.96 Å². The van der Waals surface area contributed by atoms with Crippen LogP contribution in [-0.2, 0) is 27.5 Å². The summed E-state index contributed by atoms with van der Waals surface area (Å²) in [6, 6.07) is 15.6. The van der Waals surface area contributed by atoms with Gasteiger partial charge in [0.1, 0.15) is 18.9 Å². The Morgan fingerprint density at radius 3 is 2.67 bits per heavy atom. The highest BCUT2D eigenvalue weighted by Crippen LogP contribution is 2.29. The Hall–Kier alpha value is -3.55. The van der Waals surface area contributed by atoms with Crippen molar-refractivity contribution in [3.05, 3.63) is 59.7 Å². The number of nitrogens with zero attached hydrogens (tertiary/aromatic N) is 3. The number of benzene rings is 2. The summed E-state index contributed by atoms with van der Waals surface area (Å²) in [7, 11) is 1.93. The molecule has 2 aromatic rings. The van der Waals surface area contributed by atoms with Crippen LogP contribution in [0.1, 0.15) is 56.1 Å². The molecule has 192 valence electrons. The number of amides is 1. The van der Waals surface area contributed by atoms with Gasteiger partial charge >= 0.3 is 5.97 Å². The SMILES string of the molecule is CN(C(=O)CCCOc1ccc2c(c1)CN(CC(=O)OCc1ccccc1)C(N)=N2)C1CCCCC1. The number of aliphatic imine (C=N–C) groups is 1. The molecular formula is C28H36N4O4. The molecule has 0 atom stereocenters. The van der Waals surface area contributed by atoms with E-state index in [1.165, 1.54) is 19.3 Å². The number of nitrogens with two attached hydrogens (primary N) is 1. The maximum atomic E-state index is 12.5. The van der Waals surface area contributed by atoms with E-state index in [0.29, 0.717) is 37.8 Å². The van der Waals surface area contributed by atoms with Gasteiger partial charge in [0.2, 0.25) is 5.91 Å². The molecule has 1 heterocycles.